The Bertz CT molecular complexity index is 608. The minimum absolute atomic E-state index is 0.0760. The van der Waals surface area contributed by atoms with Crippen molar-refractivity contribution in [2.75, 3.05) is 11.4 Å². The van der Waals surface area contributed by atoms with E-state index in [1.54, 1.807) is 4.90 Å². The van der Waals surface area contributed by atoms with E-state index in [1.165, 1.54) is 5.56 Å². The summed E-state index contributed by atoms with van der Waals surface area (Å²) in [6.07, 6.45) is 7.57. The maximum absolute atomic E-state index is 13.0. The number of hydrogen-bond donors (Lipinski definition) is 0. The smallest absolute Gasteiger partial charge is 0.231 e. The van der Waals surface area contributed by atoms with Gasteiger partial charge >= 0.3 is 0 Å². The minimum Gasteiger partial charge on any atom is -0.550 e. The van der Waals surface area contributed by atoms with Crippen LogP contribution >= 0.6 is 0 Å². The Morgan fingerprint density at radius 2 is 1.77 bits per heavy atom. The number of nitrogens with zero attached hydrogens (tertiary/aromatic N) is 1. The predicted molar refractivity (Wildman–Crippen MR) is 82.1 cm³/mol. The lowest BCUT2D eigenvalue weighted by molar-refractivity contribution is -0.313. The molecule has 0 N–H and O–H groups in total. The van der Waals surface area contributed by atoms with E-state index in [1.807, 2.05) is 30.4 Å². The SMILES string of the molecule is O=C([O-])[C@H]1CC=CC[C@@H]1C(=O)N1CCCCc2ccccc21. The van der Waals surface area contributed by atoms with Gasteiger partial charge in [-0.05, 0) is 43.7 Å². The Balaban J connectivity index is 1.91. The lowest BCUT2D eigenvalue weighted by Crippen LogP contribution is -2.45. The molecule has 0 aromatic heterocycles. The molecule has 0 radical (unpaired) electrons. The predicted octanol–water partition coefficient (Wildman–Crippen LogP) is 1.69. The van der Waals surface area contributed by atoms with Crippen LogP contribution in [0.1, 0.15) is 31.2 Å². The molecule has 3 rings (SSSR count). The number of rotatable bonds is 2. The maximum Gasteiger partial charge on any atom is 0.231 e. The molecule has 1 aliphatic carbocycles. The van der Waals surface area contributed by atoms with E-state index in [-0.39, 0.29) is 5.91 Å². The number of hydrogen-bond acceptors (Lipinski definition) is 3. The molecule has 2 atom stereocenters. The molecule has 4 heteroatoms. The average Bonchev–Trinajstić information content (AvgIpc) is 2.76. The van der Waals surface area contributed by atoms with E-state index in [4.69, 9.17) is 0 Å². The third kappa shape index (κ3) is 2.78. The van der Waals surface area contributed by atoms with E-state index in [0.717, 1.165) is 24.9 Å². The molecule has 22 heavy (non-hydrogen) atoms. The van der Waals surface area contributed by atoms with Gasteiger partial charge in [0.1, 0.15) is 0 Å². The van der Waals surface area contributed by atoms with Gasteiger partial charge in [0.15, 0.2) is 0 Å². The van der Waals surface area contributed by atoms with Gasteiger partial charge in [-0.2, -0.15) is 0 Å². The summed E-state index contributed by atoms with van der Waals surface area (Å²) in [5.41, 5.74) is 2.11. The molecule has 0 bridgehead atoms. The molecule has 4 nitrogen and oxygen atoms in total. The fraction of sp³-hybridized carbons (Fsp3) is 0.444. The van der Waals surface area contributed by atoms with Gasteiger partial charge < -0.3 is 14.8 Å². The number of aryl methyl sites for hydroxylation is 1. The van der Waals surface area contributed by atoms with E-state index in [2.05, 4.69) is 6.07 Å². The van der Waals surface area contributed by atoms with Gasteiger partial charge in [0.2, 0.25) is 5.91 Å². The summed E-state index contributed by atoms with van der Waals surface area (Å²) in [5, 5.41) is 11.3. The Kier molecular flexibility index (Phi) is 4.27. The molecule has 1 heterocycles. The molecular formula is C18H20NO3-. The van der Waals surface area contributed by atoms with Crippen LogP contribution in [0.4, 0.5) is 5.69 Å². The third-order valence-corrected chi connectivity index (χ3v) is 4.68. The highest BCUT2D eigenvalue weighted by atomic mass is 16.4. The van der Waals surface area contributed by atoms with Crippen LogP contribution in [0.15, 0.2) is 36.4 Å². The van der Waals surface area contributed by atoms with Crippen molar-refractivity contribution in [3.63, 3.8) is 0 Å². The number of anilines is 1. The number of carboxylic acids is 1. The van der Waals surface area contributed by atoms with Crippen LogP contribution in [0.25, 0.3) is 0 Å². The molecule has 0 saturated carbocycles. The molecule has 116 valence electrons. The minimum atomic E-state index is -1.12. The van der Waals surface area contributed by atoms with E-state index >= 15 is 0 Å². The highest BCUT2D eigenvalue weighted by Crippen LogP contribution is 2.32. The first-order chi connectivity index (χ1) is 10.7. The van der Waals surface area contributed by atoms with Gasteiger partial charge in [-0.25, -0.2) is 0 Å². The largest absolute Gasteiger partial charge is 0.550 e. The van der Waals surface area contributed by atoms with Crippen LogP contribution in [-0.4, -0.2) is 18.4 Å². The van der Waals surface area contributed by atoms with Crippen molar-refractivity contribution in [3.8, 4) is 0 Å². The first-order valence-electron chi connectivity index (χ1n) is 7.93. The molecule has 1 aromatic carbocycles. The van der Waals surface area contributed by atoms with Crippen LogP contribution in [0, 0.1) is 11.8 Å². The number of fused-ring (bicyclic) bond motifs is 1. The number of carbonyl (C=O) groups is 2. The number of aliphatic carboxylic acids is 1. The van der Waals surface area contributed by atoms with Gasteiger partial charge in [-0.15, -0.1) is 0 Å². The Hall–Kier alpha value is -2.10. The van der Waals surface area contributed by atoms with Crippen LogP contribution in [0.5, 0.6) is 0 Å². The zero-order chi connectivity index (χ0) is 15.5. The zero-order valence-electron chi connectivity index (χ0n) is 12.5. The number of benzene rings is 1. The molecule has 0 unspecified atom stereocenters. The average molecular weight is 298 g/mol. The second kappa shape index (κ2) is 6.34. The molecule has 2 aliphatic rings. The van der Waals surface area contributed by atoms with E-state index < -0.39 is 17.8 Å². The van der Waals surface area contributed by atoms with Crippen molar-refractivity contribution in [2.24, 2.45) is 11.8 Å². The van der Waals surface area contributed by atoms with Crippen LogP contribution in [0.3, 0.4) is 0 Å². The van der Waals surface area contributed by atoms with Crippen LogP contribution < -0.4 is 10.0 Å². The van der Waals surface area contributed by atoms with Gasteiger partial charge in [-0.3, -0.25) is 4.79 Å². The van der Waals surface area contributed by atoms with Crippen molar-refractivity contribution in [1.29, 1.82) is 0 Å². The van der Waals surface area contributed by atoms with Gasteiger partial charge in [-0.1, -0.05) is 30.4 Å². The summed E-state index contributed by atoms with van der Waals surface area (Å²) in [6.45, 7) is 0.663. The van der Waals surface area contributed by atoms with Crippen molar-refractivity contribution >= 4 is 17.6 Å². The molecule has 1 aromatic rings. The summed E-state index contributed by atoms with van der Waals surface area (Å²) >= 11 is 0. The zero-order valence-corrected chi connectivity index (χ0v) is 12.5. The summed E-state index contributed by atoms with van der Waals surface area (Å²) in [4.78, 5) is 26.1. The van der Waals surface area contributed by atoms with E-state index in [9.17, 15) is 14.7 Å². The van der Waals surface area contributed by atoms with E-state index in [0.29, 0.717) is 19.4 Å². The summed E-state index contributed by atoms with van der Waals surface area (Å²) in [7, 11) is 0. The molecule has 0 saturated heterocycles. The summed E-state index contributed by atoms with van der Waals surface area (Å²) in [5.74, 6) is -2.42. The van der Waals surface area contributed by atoms with Crippen LogP contribution in [0.2, 0.25) is 0 Å². The standard InChI is InChI=1S/C18H21NO3/c20-17(14-9-2-3-10-15(14)18(21)22)19-12-6-5-8-13-7-1-4-11-16(13)19/h1-4,7,11,14-15H,5-6,8-10,12H2,(H,21,22)/p-1/t14-,15-/m0/s1. The first kappa shape index (κ1) is 14.8. The quantitative estimate of drug-likeness (QED) is 0.781. The lowest BCUT2D eigenvalue weighted by atomic mass is 9.82. The number of amides is 1. The molecule has 0 spiro atoms. The number of allylic oxidation sites excluding steroid dienone is 2. The topological polar surface area (TPSA) is 60.4 Å². The molecule has 1 aliphatic heterocycles. The molecule has 1 amide bonds. The second-order valence-electron chi connectivity index (χ2n) is 6.05. The normalized spacial score (nSPS) is 24.5. The van der Waals surface area contributed by atoms with Crippen molar-refractivity contribution in [3.05, 3.63) is 42.0 Å². The fourth-order valence-corrected chi connectivity index (χ4v) is 3.47. The van der Waals surface area contributed by atoms with Crippen molar-refractivity contribution < 1.29 is 14.7 Å². The number of carboxylic acid groups (broad SMARTS) is 1. The van der Waals surface area contributed by atoms with Gasteiger partial charge in [0.25, 0.3) is 0 Å². The maximum atomic E-state index is 13.0. The third-order valence-electron chi connectivity index (χ3n) is 4.68. The monoisotopic (exact) mass is 298 g/mol. The number of carbonyl (C=O) groups excluding carboxylic acids is 2. The van der Waals surface area contributed by atoms with Gasteiger partial charge in [0, 0.05) is 24.1 Å². The Labute approximate surface area is 130 Å². The van der Waals surface area contributed by atoms with Crippen LogP contribution in [-0.2, 0) is 16.0 Å². The highest BCUT2D eigenvalue weighted by Gasteiger charge is 2.34. The fourth-order valence-electron chi connectivity index (χ4n) is 3.47. The second-order valence-corrected chi connectivity index (χ2v) is 6.05. The first-order valence-corrected chi connectivity index (χ1v) is 7.93. The van der Waals surface area contributed by atoms with Crippen molar-refractivity contribution in [2.45, 2.75) is 32.1 Å². The lowest BCUT2D eigenvalue weighted by Gasteiger charge is -2.33. The molecular weight excluding hydrogens is 278 g/mol. The molecule has 0 fully saturated rings. The Morgan fingerprint density at radius 1 is 1.05 bits per heavy atom. The summed E-state index contributed by atoms with van der Waals surface area (Å²) in [6, 6.07) is 7.94. The Morgan fingerprint density at radius 3 is 2.55 bits per heavy atom. The highest BCUT2D eigenvalue weighted by molar-refractivity contribution is 5.98. The van der Waals surface area contributed by atoms with Gasteiger partial charge in [0.05, 0.1) is 5.92 Å². The number of para-hydroxylation sites is 1. The summed E-state index contributed by atoms with van der Waals surface area (Å²) < 4.78 is 0. The van der Waals surface area contributed by atoms with Crippen molar-refractivity contribution in [1.82, 2.24) is 0 Å².